The molecule has 0 N–H and O–H groups in total. The Morgan fingerprint density at radius 3 is 2.72 bits per heavy atom. The molecular formula is C29H36ClN3O3. The van der Waals surface area contributed by atoms with Crippen molar-refractivity contribution in [2.75, 3.05) is 19.7 Å². The number of unbranched alkanes of at least 4 members (excludes halogenated alkanes) is 1. The summed E-state index contributed by atoms with van der Waals surface area (Å²) in [6.45, 7) is 4.37. The maximum atomic E-state index is 13.4. The van der Waals surface area contributed by atoms with Gasteiger partial charge in [-0.05, 0) is 50.3 Å². The highest BCUT2D eigenvalue weighted by Crippen LogP contribution is 2.27. The second-order valence-electron chi connectivity index (χ2n) is 9.23. The molecule has 7 heteroatoms. The number of rotatable bonds is 10. The van der Waals surface area contributed by atoms with E-state index in [4.69, 9.17) is 21.3 Å². The van der Waals surface area contributed by atoms with Crippen LogP contribution in [0.5, 0.6) is 0 Å². The van der Waals surface area contributed by atoms with E-state index < -0.39 is 0 Å². The molecule has 4 rings (SSSR count). The number of nitrogens with zero attached hydrogens (tertiary/aromatic N) is 3. The van der Waals surface area contributed by atoms with Crippen molar-refractivity contribution in [2.24, 2.45) is 13.0 Å². The number of carbonyl (C=O) groups is 2. The summed E-state index contributed by atoms with van der Waals surface area (Å²) in [5, 5.41) is 0.624. The minimum absolute atomic E-state index is 0. The zero-order valence-electron chi connectivity index (χ0n) is 20.4. The molecule has 0 radical (unpaired) electrons. The van der Waals surface area contributed by atoms with Gasteiger partial charge in [-0.1, -0.05) is 61.0 Å². The summed E-state index contributed by atoms with van der Waals surface area (Å²) in [5.74, 6) is 0.515. The maximum Gasteiger partial charge on any atom is 0.274 e. The quantitative estimate of drug-likeness (QED) is 0.252. The van der Waals surface area contributed by atoms with E-state index in [-0.39, 0.29) is 19.3 Å². The van der Waals surface area contributed by atoms with Crippen LogP contribution in [0, 0.1) is 12.8 Å². The van der Waals surface area contributed by atoms with Crippen LogP contribution in [-0.2, 0) is 29.6 Å². The summed E-state index contributed by atoms with van der Waals surface area (Å²) in [7, 11) is 1.95. The lowest BCUT2D eigenvalue weighted by atomic mass is 10.1. The topological polar surface area (TPSA) is 64.4 Å². The smallest absolute Gasteiger partial charge is 0.274 e. The number of imidazole rings is 1. The van der Waals surface area contributed by atoms with Crippen LogP contribution in [0.4, 0.5) is 0 Å². The van der Waals surface area contributed by atoms with E-state index >= 15 is 0 Å². The number of benzene rings is 2. The highest BCUT2D eigenvalue weighted by Gasteiger charge is 2.30. The first-order valence-corrected chi connectivity index (χ1v) is 12.5. The number of carbonyl (C=O) groups excluding carboxylic acids is 2. The average molecular weight is 510 g/mol. The Morgan fingerprint density at radius 1 is 1.19 bits per heavy atom. The Bertz CT molecular complexity index is 1190. The lowest BCUT2D eigenvalue weighted by Gasteiger charge is -2.15. The van der Waals surface area contributed by atoms with Crippen molar-refractivity contribution in [3.63, 3.8) is 0 Å². The Balaban J connectivity index is 0.00000361. The van der Waals surface area contributed by atoms with Gasteiger partial charge in [0.15, 0.2) is 0 Å². The predicted octanol–water partition coefficient (Wildman–Crippen LogP) is 5.89. The highest BCUT2D eigenvalue weighted by atomic mass is 35.5. The van der Waals surface area contributed by atoms with Crippen LogP contribution >= 0.6 is 11.6 Å². The number of halogens is 1. The monoisotopic (exact) mass is 509 g/mol. The van der Waals surface area contributed by atoms with E-state index in [2.05, 4.69) is 25.1 Å². The summed E-state index contributed by atoms with van der Waals surface area (Å²) in [6, 6.07) is 15.8. The maximum absolute atomic E-state index is 13.4. The zero-order valence-corrected chi connectivity index (χ0v) is 21.1. The minimum atomic E-state index is -0.107. The highest BCUT2D eigenvalue weighted by molar-refractivity contribution is 6.30. The molecule has 0 bridgehead atoms. The van der Waals surface area contributed by atoms with Crippen LogP contribution < -0.4 is 0 Å². The first kappa shape index (κ1) is 27.6. The molecule has 2 aromatic carbocycles. The Morgan fingerprint density at radius 2 is 2.00 bits per heavy atom. The molecule has 1 amide bonds. The molecule has 192 valence electrons. The SMILES string of the molecule is C.Cc1cccc(COCCCCc2c(C(=O)N3CCC(C=O)C3)nc(-c3cccc(Cl)c3)n2C)c1. The number of aromatic nitrogens is 2. The molecule has 0 saturated carbocycles. The molecule has 1 aromatic heterocycles. The van der Waals surface area contributed by atoms with E-state index in [9.17, 15) is 9.59 Å². The normalized spacial score (nSPS) is 15.1. The number of aldehydes is 1. The Kier molecular flexibility index (Phi) is 9.85. The molecule has 1 atom stereocenters. The second kappa shape index (κ2) is 12.8. The fourth-order valence-corrected chi connectivity index (χ4v) is 4.79. The molecule has 3 aromatic rings. The molecule has 6 nitrogen and oxygen atoms in total. The van der Waals surface area contributed by atoms with Gasteiger partial charge in [0.25, 0.3) is 5.91 Å². The molecule has 36 heavy (non-hydrogen) atoms. The summed E-state index contributed by atoms with van der Waals surface area (Å²) >= 11 is 6.22. The van der Waals surface area contributed by atoms with Gasteiger partial charge in [0, 0.05) is 43.2 Å². The van der Waals surface area contributed by atoms with Crippen molar-refractivity contribution >= 4 is 23.8 Å². The third-order valence-corrected chi connectivity index (χ3v) is 6.74. The molecule has 0 spiro atoms. The summed E-state index contributed by atoms with van der Waals surface area (Å²) in [4.78, 5) is 31.1. The molecular weight excluding hydrogens is 474 g/mol. The van der Waals surface area contributed by atoms with Gasteiger partial charge in [0.05, 0.1) is 12.3 Å². The first-order chi connectivity index (χ1) is 17.0. The van der Waals surface area contributed by atoms with Crippen molar-refractivity contribution in [1.29, 1.82) is 0 Å². The largest absolute Gasteiger partial charge is 0.377 e. The molecule has 0 aliphatic carbocycles. The molecule has 1 fully saturated rings. The molecule has 1 aliphatic rings. The zero-order chi connectivity index (χ0) is 24.8. The number of hydrogen-bond donors (Lipinski definition) is 0. The van der Waals surface area contributed by atoms with Crippen LogP contribution in [0.1, 0.15) is 54.0 Å². The summed E-state index contributed by atoms with van der Waals surface area (Å²) in [5.41, 5.74) is 4.64. The van der Waals surface area contributed by atoms with Crippen LogP contribution in [0.2, 0.25) is 5.02 Å². The van der Waals surface area contributed by atoms with Crippen molar-refractivity contribution in [1.82, 2.24) is 14.5 Å². The van der Waals surface area contributed by atoms with Crippen LogP contribution in [-0.4, -0.2) is 46.3 Å². The van der Waals surface area contributed by atoms with Gasteiger partial charge in [0.2, 0.25) is 0 Å². The molecule has 2 heterocycles. The van der Waals surface area contributed by atoms with E-state index in [0.717, 1.165) is 30.4 Å². The molecule has 1 unspecified atom stereocenters. The van der Waals surface area contributed by atoms with Gasteiger partial charge in [-0.25, -0.2) is 4.98 Å². The third kappa shape index (κ3) is 6.62. The van der Waals surface area contributed by atoms with Crippen LogP contribution in [0.3, 0.4) is 0 Å². The van der Waals surface area contributed by atoms with Crippen LogP contribution in [0.25, 0.3) is 11.4 Å². The number of amides is 1. The van der Waals surface area contributed by atoms with Gasteiger partial charge in [0.1, 0.15) is 17.8 Å². The number of likely N-dealkylation sites (tertiary alicyclic amines) is 1. The molecule has 1 saturated heterocycles. The van der Waals surface area contributed by atoms with E-state index in [0.29, 0.717) is 55.7 Å². The standard InChI is InChI=1S/C28H32ClN3O3.CH4/c1-20-7-5-8-21(15-20)19-35-14-4-3-11-25-26(28(34)32-13-12-22(17-32)18-33)30-27(31(25)2)23-9-6-10-24(29)16-23;/h5-10,15-16,18,22H,3-4,11-14,17,19H2,1-2H3;1H4. The Labute approximate surface area is 219 Å². The number of aryl methyl sites for hydroxylation is 1. The third-order valence-electron chi connectivity index (χ3n) is 6.51. The van der Waals surface area contributed by atoms with E-state index in [1.54, 1.807) is 4.90 Å². The average Bonchev–Trinajstić information content (AvgIpc) is 3.46. The summed E-state index contributed by atoms with van der Waals surface area (Å²) < 4.78 is 7.87. The van der Waals surface area contributed by atoms with Gasteiger partial charge in [-0.2, -0.15) is 0 Å². The van der Waals surface area contributed by atoms with Gasteiger partial charge >= 0.3 is 0 Å². The predicted molar refractivity (Wildman–Crippen MR) is 144 cm³/mol. The molecule has 1 aliphatic heterocycles. The Hall–Kier alpha value is -2.96. The van der Waals surface area contributed by atoms with Crippen molar-refractivity contribution in [2.45, 2.75) is 46.6 Å². The fraction of sp³-hybridized carbons (Fsp3) is 0.414. The fourth-order valence-electron chi connectivity index (χ4n) is 4.60. The second-order valence-corrected chi connectivity index (χ2v) is 9.67. The summed E-state index contributed by atoms with van der Waals surface area (Å²) in [6.07, 6.45) is 4.12. The van der Waals surface area contributed by atoms with E-state index in [1.165, 1.54) is 11.1 Å². The van der Waals surface area contributed by atoms with Gasteiger partial charge < -0.3 is 19.0 Å². The first-order valence-electron chi connectivity index (χ1n) is 12.2. The van der Waals surface area contributed by atoms with Gasteiger partial charge in [-0.15, -0.1) is 0 Å². The van der Waals surface area contributed by atoms with Crippen molar-refractivity contribution in [3.8, 4) is 11.4 Å². The number of hydrogen-bond acceptors (Lipinski definition) is 4. The van der Waals surface area contributed by atoms with Crippen molar-refractivity contribution in [3.05, 3.63) is 76.1 Å². The lowest BCUT2D eigenvalue weighted by molar-refractivity contribution is -0.110. The number of ether oxygens (including phenoxy) is 1. The minimum Gasteiger partial charge on any atom is -0.377 e. The van der Waals surface area contributed by atoms with E-state index in [1.807, 2.05) is 41.9 Å². The van der Waals surface area contributed by atoms with Crippen molar-refractivity contribution < 1.29 is 14.3 Å². The lowest BCUT2D eigenvalue weighted by Crippen LogP contribution is -2.30. The van der Waals surface area contributed by atoms with Gasteiger partial charge in [-0.3, -0.25) is 4.79 Å². The van der Waals surface area contributed by atoms with Crippen LogP contribution in [0.15, 0.2) is 48.5 Å².